The molecule has 0 aliphatic carbocycles. The Morgan fingerprint density at radius 2 is 1.50 bits per heavy atom. The number of hydrogen-bond acceptors (Lipinski definition) is 3. The predicted octanol–water partition coefficient (Wildman–Crippen LogP) is 1.55. The van der Waals surface area contributed by atoms with Crippen molar-refractivity contribution in [1.82, 2.24) is 14.7 Å². The largest absolute Gasteiger partial charge is 0.339 e. The zero-order chi connectivity index (χ0) is 17.5. The van der Waals surface area contributed by atoms with E-state index >= 15 is 0 Å². The van der Waals surface area contributed by atoms with Gasteiger partial charge in [-0.15, -0.1) is 0 Å². The van der Waals surface area contributed by atoms with Crippen LogP contribution in [0.1, 0.15) is 24.0 Å². The summed E-state index contributed by atoms with van der Waals surface area (Å²) in [5.41, 5.74) is 2.48. The molecule has 0 aromatic heterocycles. The van der Waals surface area contributed by atoms with Crippen LogP contribution < -0.4 is 0 Å². The summed E-state index contributed by atoms with van der Waals surface area (Å²) in [6.45, 7) is 5.47. The first kappa shape index (κ1) is 18.5. The van der Waals surface area contributed by atoms with Gasteiger partial charge in [-0.3, -0.25) is 9.59 Å². The number of rotatable bonds is 6. The highest BCUT2D eigenvalue weighted by atomic mass is 16.2. The highest BCUT2D eigenvalue weighted by Crippen LogP contribution is 2.12. The van der Waals surface area contributed by atoms with Crippen molar-refractivity contribution in [3.63, 3.8) is 0 Å². The van der Waals surface area contributed by atoms with Crippen molar-refractivity contribution in [1.29, 1.82) is 0 Å². The number of benzene rings is 1. The molecule has 132 valence electrons. The lowest BCUT2D eigenvalue weighted by atomic mass is 10.0. The maximum absolute atomic E-state index is 12.4. The smallest absolute Gasteiger partial charge is 0.223 e. The van der Waals surface area contributed by atoms with Gasteiger partial charge in [0, 0.05) is 45.6 Å². The van der Waals surface area contributed by atoms with Crippen molar-refractivity contribution in [2.45, 2.75) is 26.2 Å². The first-order valence-corrected chi connectivity index (χ1v) is 8.72. The van der Waals surface area contributed by atoms with E-state index in [0.29, 0.717) is 39.0 Å². The Morgan fingerprint density at radius 1 is 0.958 bits per heavy atom. The van der Waals surface area contributed by atoms with Gasteiger partial charge in [-0.2, -0.15) is 0 Å². The Morgan fingerprint density at radius 3 is 2.04 bits per heavy atom. The third kappa shape index (κ3) is 5.34. The van der Waals surface area contributed by atoms with Crippen LogP contribution in [0.3, 0.4) is 0 Å². The van der Waals surface area contributed by atoms with Crippen LogP contribution in [0.15, 0.2) is 24.3 Å². The molecule has 24 heavy (non-hydrogen) atoms. The maximum Gasteiger partial charge on any atom is 0.223 e. The minimum Gasteiger partial charge on any atom is -0.339 e. The minimum absolute atomic E-state index is 0.190. The van der Waals surface area contributed by atoms with E-state index in [1.165, 1.54) is 11.1 Å². The fourth-order valence-electron chi connectivity index (χ4n) is 2.97. The molecule has 2 amide bonds. The molecule has 1 aliphatic heterocycles. The van der Waals surface area contributed by atoms with Gasteiger partial charge in [0.15, 0.2) is 0 Å². The number of aryl methyl sites for hydroxylation is 2. The van der Waals surface area contributed by atoms with Crippen LogP contribution in [0.2, 0.25) is 0 Å². The molecule has 5 heteroatoms. The van der Waals surface area contributed by atoms with E-state index in [0.717, 1.165) is 13.0 Å². The Balaban J connectivity index is 1.74. The first-order chi connectivity index (χ1) is 11.5. The summed E-state index contributed by atoms with van der Waals surface area (Å²) in [5.74, 6) is 0.384. The molecule has 0 unspecified atom stereocenters. The van der Waals surface area contributed by atoms with E-state index < -0.39 is 0 Å². The van der Waals surface area contributed by atoms with Crippen LogP contribution in [0.25, 0.3) is 0 Å². The van der Waals surface area contributed by atoms with Crippen molar-refractivity contribution < 1.29 is 9.59 Å². The fourth-order valence-corrected chi connectivity index (χ4v) is 2.97. The van der Waals surface area contributed by atoms with E-state index in [1.807, 2.05) is 40.9 Å². The van der Waals surface area contributed by atoms with Crippen LogP contribution in [0, 0.1) is 6.92 Å². The second-order valence-corrected chi connectivity index (χ2v) is 6.74. The Kier molecular flexibility index (Phi) is 6.79. The number of hydrogen-bond donors (Lipinski definition) is 0. The molecule has 0 spiro atoms. The van der Waals surface area contributed by atoms with Crippen LogP contribution in [0.4, 0.5) is 0 Å². The van der Waals surface area contributed by atoms with Crippen LogP contribution in [0.5, 0.6) is 0 Å². The SMILES string of the molecule is Cc1ccccc1CCC(=O)N1CCN(C(=O)CCN(C)C)CC1. The zero-order valence-electron chi connectivity index (χ0n) is 15.1. The summed E-state index contributed by atoms with van der Waals surface area (Å²) in [4.78, 5) is 30.3. The first-order valence-electron chi connectivity index (χ1n) is 8.72. The maximum atomic E-state index is 12.4. The molecule has 2 rings (SSSR count). The van der Waals surface area contributed by atoms with Crippen molar-refractivity contribution in [2.75, 3.05) is 46.8 Å². The number of amides is 2. The molecule has 0 saturated carbocycles. The van der Waals surface area contributed by atoms with Gasteiger partial charge < -0.3 is 14.7 Å². The summed E-state index contributed by atoms with van der Waals surface area (Å²) in [6, 6.07) is 8.21. The lowest BCUT2D eigenvalue weighted by molar-refractivity contribution is -0.139. The quantitative estimate of drug-likeness (QED) is 0.794. The second kappa shape index (κ2) is 8.83. The van der Waals surface area contributed by atoms with Gasteiger partial charge in [-0.25, -0.2) is 0 Å². The molecule has 1 aliphatic rings. The van der Waals surface area contributed by atoms with Crippen LogP contribution >= 0.6 is 0 Å². The number of carbonyl (C=O) groups excluding carboxylic acids is 2. The third-order valence-electron chi connectivity index (χ3n) is 4.63. The average Bonchev–Trinajstić information content (AvgIpc) is 2.58. The Labute approximate surface area is 145 Å². The van der Waals surface area contributed by atoms with Crippen molar-refractivity contribution in [3.05, 3.63) is 35.4 Å². The van der Waals surface area contributed by atoms with E-state index in [1.54, 1.807) is 0 Å². The molecule has 1 fully saturated rings. The molecule has 1 aromatic rings. The standard InChI is InChI=1S/C19H29N3O2/c1-16-6-4-5-7-17(16)8-9-18(23)21-12-14-22(15-13-21)19(24)10-11-20(2)3/h4-7H,8-15H2,1-3H3. The van der Waals surface area contributed by atoms with Gasteiger partial charge in [0.05, 0.1) is 0 Å². The molecule has 0 radical (unpaired) electrons. The van der Waals surface area contributed by atoms with Gasteiger partial charge >= 0.3 is 0 Å². The zero-order valence-corrected chi connectivity index (χ0v) is 15.1. The van der Waals surface area contributed by atoms with E-state index in [2.05, 4.69) is 19.1 Å². The summed E-state index contributed by atoms with van der Waals surface area (Å²) in [6.07, 6.45) is 1.88. The number of carbonyl (C=O) groups is 2. The minimum atomic E-state index is 0.190. The number of nitrogens with zero attached hydrogens (tertiary/aromatic N) is 3. The van der Waals surface area contributed by atoms with Gasteiger partial charge in [0.2, 0.25) is 11.8 Å². The third-order valence-corrected chi connectivity index (χ3v) is 4.63. The summed E-state index contributed by atoms with van der Waals surface area (Å²) in [5, 5.41) is 0. The van der Waals surface area contributed by atoms with E-state index in [9.17, 15) is 9.59 Å². The highest BCUT2D eigenvalue weighted by Gasteiger charge is 2.23. The van der Waals surface area contributed by atoms with Gasteiger partial charge in [0.25, 0.3) is 0 Å². The normalized spacial score (nSPS) is 15.0. The van der Waals surface area contributed by atoms with Gasteiger partial charge in [-0.05, 0) is 38.6 Å². The summed E-state index contributed by atoms with van der Waals surface area (Å²) in [7, 11) is 3.94. The van der Waals surface area contributed by atoms with Gasteiger partial charge in [-0.1, -0.05) is 24.3 Å². The monoisotopic (exact) mass is 331 g/mol. The van der Waals surface area contributed by atoms with Crippen molar-refractivity contribution in [3.8, 4) is 0 Å². The van der Waals surface area contributed by atoms with Crippen molar-refractivity contribution in [2.24, 2.45) is 0 Å². The molecule has 1 aromatic carbocycles. The fraction of sp³-hybridized carbons (Fsp3) is 0.579. The molecular formula is C19H29N3O2. The molecule has 1 saturated heterocycles. The van der Waals surface area contributed by atoms with Crippen molar-refractivity contribution >= 4 is 11.8 Å². The van der Waals surface area contributed by atoms with Crippen LogP contribution in [-0.2, 0) is 16.0 Å². The summed E-state index contributed by atoms with van der Waals surface area (Å²) >= 11 is 0. The lowest BCUT2D eigenvalue weighted by Crippen LogP contribution is -2.51. The molecule has 5 nitrogen and oxygen atoms in total. The Bertz CT molecular complexity index is 563. The Hall–Kier alpha value is -1.88. The second-order valence-electron chi connectivity index (χ2n) is 6.74. The number of piperazine rings is 1. The van der Waals surface area contributed by atoms with Crippen LogP contribution in [-0.4, -0.2) is 73.3 Å². The summed E-state index contributed by atoms with van der Waals surface area (Å²) < 4.78 is 0. The molecule has 0 N–H and O–H groups in total. The molecule has 1 heterocycles. The highest BCUT2D eigenvalue weighted by molar-refractivity contribution is 5.78. The van der Waals surface area contributed by atoms with E-state index in [4.69, 9.17) is 0 Å². The lowest BCUT2D eigenvalue weighted by Gasteiger charge is -2.35. The topological polar surface area (TPSA) is 43.9 Å². The van der Waals surface area contributed by atoms with E-state index in [-0.39, 0.29) is 11.8 Å². The molecule has 0 atom stereocenters. The van der Waals surface area contributed by atoms with Gasteiger partial charge in [0.1, 0.15) is 0 Å². The average molecular weight is 331 g/mol. The molecule has 0 bridgehead atoms. The predicted molar refractivity (Wildman–Crippen MR) is 95.8 cm³/mol. The molecular weight excluding hydrogens is 302 g/mol.